The summed E-state index contributed by atoms with van der Waals surface area (Å²) < 4.78 is 1.86. The van der Waals surface area contributed by atoms with Crippen molar-refractivity contribution in [2.75, 3.05) is 6.54 Å². The van der Waals surface area contributed by atoms with Crippen LogP contribution in [0.2, 0.25) is 10.0 Å². The van der Waals surface area contributed by atoms with Crippen molar-refractivity contribution in [1.82, 2.24) is 15.1 Å². The first-order valence-electron chi connectivity index (χ1n) is 6.28. The summed E-state index contributed by atoms with van der Waals surface area (Å²) in [5, 5.41) is 7.88. The smallest absolute Gasteiger partial charge is 0.252 e. The number of aromatic nitrogens is 2. The van der Waals surface area contributed by atoms with Crippen LogP contribution in [0.25, 0.3) is 0 Å². The number of rotatable bonds is 5. The van der Waals surface area contributed by atoms with E-state index in [2.05, 4.69) is 10.4 Å². The molecule has 0 bridgehead atoms. The Hall–Kier alpha value is -1.52. The van der Waals surface area contributed by atoms with Crippen LogP contribution >= 0.6 is 23.2 Å². The van der Waals surface area contributed by atoms with Gasteiger partial charge >= 0.3 is 0 Å². The van der Waals surface area contributed by atoms with Gasteiger partial charge in [0.05, 0.1) is 16.8 Å². The molecule has 0 fully saturated rings. The van der Waals surface area contributed by atoms with Crippen LogP contribution in [0.1, 0.15) is 22.3 Å². The molecule has 1 aromatic carbocycles. The van der Waals surface area contributed by atoms with Gasteiger partial charge in [-0.05, 0) is 37.1 Å². The highest BCUT2D eigenvalue weighted by molar-refractivity contribution is 6.36. The van der Waals surface area contributed by atoms with Crippen LogP contribution in [0.4, 0.5) is 0 Å². The summed E-state index contributed by atoms with van der Waals surface area (Å²) in [4.78, 5) is 11.9. The molecule has 2 rings (SSSR count). The molecule has 0 aliphatic rings. The fraction of sp³-hybridized carbons (Fsp3) is 0.286. The number of nitrogens with zero attached hydrogens (tertiary/aromatic N) is 2. The molecule has 0 aliphatic heterocycles. The second kappa shape index (κ2) is 6.77. The molecule has 4 nitrogen and oxygen atoms in total. The first-order valence-corrected chi connectivity index (χ1v) is 7.04. The maximum atomic E-state index is 11.9. The van der Waals surface area contributed by atoms with E-state index < -0.39 is 0 Å². The van der Waals surface area contributed by atoms with Gasteiger partial charge in [-0.15, -0.1) is 0 Å². The van der Waals surface area contributed by atoms with Gasteiger partial charge in [0.2, 0.25) is 0 Å². The van der Waals surface area contributed by atoms with Gasteiger partial charge in [0, 0.05) is 24.3 Å². The molecule has 1 N–H and O–H groups in total. The fourth-order valence-electron chi connectivity index (χ4n) is 1.80. The third kappa shape index (κ3) is 3.99. The molecular formula is C14H15Cl2N3O. The Bertz CT molecular complexity index is 610. The number of hydrogen-bond acceptors (Lipinski definition) is 2. The number of halogens is 2. The summed E-state index contributed by atoms with van der Waals surface area (Å²) in [6, 6.07) is 4.83. The number of carbonyl (C=O) groups is 1. The lowest BCUT2D eigenvalue weighted by Gasteiger charge is -2.07. The Morgan fingerprint density at radius 1 is 1.40 bits per heavy atom. The first kappa shape index (κ1) is 14.9. The highest BCUT2D eigenvalue weighted by atomic mass is 35.5. The van der Waals surface area contributed by atoms with Crippen molar-refractivity contribution < 1.29 is 4.79 Å². The van der Waals surface area contributed by atoms with Gasteiger partial charge in [0.1, 0.15) is 0 Å². The summed E-state index contributed by atoms with van der Waals surface area (Å²) in [5.41, 5.74) is 1.56. The zero-order chi connectivity index (χ0) is 14.5. The van der Waals surface area contributed by atoms with E-state index in [9.17, 15) is 4.79 Å². The predicted molar refractivity (Wildman–Crippen MR) is 80.4 cm³/mol. The maximum Gasteiger partial charge on any atom is 0.252 e. The fourth-order valence-corrected chi connectivity index (χ4v) is 2.30. The third-order valence-electron chi connectivity index (χ3n) is 2.79. The lowest BCUT2D eigenvalue weighted by atomic mass is 10.2. The first-order chi connectivity index (χ1) is 9.56. The van der Waals surface area contributed by atoms with Crippen LogP contribution in [0.3, 0.4) is 0 Å². The summed E-state index contributed by atoms with van der Waals surface area (Å²) >= 11 is 11.8. The standard InChI is InChI=1S/C14H15Cl2N3O/c1-10-8-18-19(9-10)6-2-5-17-14(20)12-4-3-11(15)7-13(12)16/h3-4,7-9H,2,5-6H2,1H3,(H,17,20). The average Bonchev–Trinajstić information content (AvgIpc) is 2.80. The van der Waals surface area contributed by atoms with Gasteiger partial charge in [-0.25, -0.2) is 0 Å². The van der Waals surface area contributed by atoms with Crippen molar-refractivity contribution in [2.24, 2.45) is 0 Å². The summed E-state index contributed by atoms with van der Waals surface area (Å²) in [6.07, 6.45) is 4.59. The zero-order valence-corrected chi connectivity index (χ0v) is 12.6. The lowest BCUT2D eigenvalue weighted by molar-refractivity contribution is 0.0953. The van der Waals surface area contributed by atoms with Gasteiger partial charge in [0.25, 0.3) is 5.91 Å². The van der Waals surface area contributed by atoms with E-state index in [4.69, 9.17) is 23.2 Å². The van der Waals surface area contributed by atoms with Crippen LogP contribution in [0, 0.1) is 6.92 Å². The number of nitrogens with one attached hydrogen (secondary N) is 1. The Balaban J connectivity index is 1.80. The normalized spacial score (nSPS) is 10.6. The summed E-state index contributed by atoms with van der Waals surface area (Å²) in [6.45, 7) is 3.33. The second-order valence-electron chi connectivity index (χ2n) is 4.51. The van der Waals surface area contributed by atoms with Crippen molar-refractivity contribution in [3.63, 3.8) is 0 Å². The molecule has 0 aliphatic carbocycles. The molecule has 1 amide bonds. The molecule has 106 valence electrons. The number of aryl methyl sites for hydroxylation is 2. The molecule has 6 heteroatoms. The summed E-state index contributed by atoms with van der Waals surface area (Å²) in [7, 11) is 0. The Morgan fingerprint density at radius 3 is 2.85 bits per heavy atom. The molecule has 0 atom stereocenters. The van der Waals surface area contributed by atoms with E-state index in [0.717, 1.165) is 18.5 Å². The minimum atomic E-state index is -0.191. The van der Waals surface area contributed by atoms with E-state index in [1.165, 1.54) is 0 Å². The minimum Gasteiger partial charge on any atom is -0.352 e. The van der Waals surface area contributed by atoms with Crippen molar-refractivity contribution in [1.29, 1.82) is 0 Å². The largest absolute Gasteiger partial charge is 0.352 e. The van der Waals surface area contributed by atoms with E-state index in [1.54, 1.807) is 18.2 Å². The molecule has 0 spiro atoms. The third-order valence-corrected chi connectivity index (χ3v) is 3.34. The Kier molecular flexibility index (Phi) is 5.04. The molecule has 2 aromatic rings. The van der Waals surface area contributed by atoms with Crippen molar-refractivity contribution in [2.45, 2.75) is 19.9 Å². The number of hydrogen-bond donors (Lipinski definition) is 1. The van der Waals surface area contributed by atoms with Gasteiger partial charge in [-0.1, -0.05) is 23.2 Å². The highest BCUT2D eigenvalue weighted by Crippen LogP contribution is 2.20. The van der Waals surface area contributed by atoms with Crippen LogP contribution in [0.15, 0.2) is 30.6 Å². The lowest BCUT2D eigenvalue weighted by Crippen LogP contribution is -2.25. The van der Waals surface area contributed by atoms with Gasteiger partial charge in [-0.3, -0.25) is 9.48 Å². The van der Waals surface area contributed by atoms with Crippen molar-refractivity contribution in [3.8, 4) is 0 Å². The topological polar surface area (TPSA) is 46.9 Å². The monoisotopic (exact) mass is 311 g/mol. The SMILES string of the molecule is Cc1cnn(CCCNC(=O)c2ccc(Cl)cc2Cl)c1. The molecule has 20 heavy (non-hydrogen) atoms. The molecule has 0 radical (unpaired) electrons. The zero-order valence-electron chi connectivity index (χ0n) is 11.1. The Morgan fingerprint density at radius 2 is 2.20 bits per heavy atom. The molecule has 1 aromatic heterocycles. The van der Waals surface area contributed by atoms with Crippen LogP contribution in [-0.2, 0) is 6.54 Å². The average molecular weight is 312 g/mol. The van der Waals surface area contributed by atoms with Crippen molar-refractivity contribution >= 4 is 29.1 Å². The molecular weight excluding hydrogens is 297 g/mol. The maximum absolute atomic E-state index is 11.9. The highest BCUT2D eigenvalue weighted by Gasteiger charge is 2.09. The minimum absolute atomic E-state index is 0.191. The van der Waals surface area contributed by atoms with E-state index in [0.29, 0.717) is 22.2 Å². The van der Waals surface area contributed by atoms with Crippen LogP contribution in [-0.4, -0.2) is 22.2 Å². The van der Waals surface area contributed by atoms with Gasteiger partial charge in [-0.2, -0.15) is 5.10 Å². The van der Waals surface area contributed by atoms with E-state index in [1.807, 2.05) is 24.0 Å². The summed E-state index contributed by atoms with van der Waals surface area (Å²) in [5.74, 6) is -0.191. The predicted octanol–water partition coefficient (Wildman–Crippen LogP) is 3.32. The van der Waals surface area contributed by atoms with Crippen LogP contribution < -0.4 is 5.32 Å². The van der Waals surface area contributed by atoms with E-state index >= 15 is 0 Å². The quantitative estimate of drug-likeness (QED) is 0.861. The van der Waals surface area contributed by atoms with E-state index in [-0.39, 0.29) is 5.91 Å². The molecule has 0 unspecified atom stereocenters. The second-order valence-corrected chi connectivity index (χ2v) is 5.36. The van der Waals surface area contributed by atoms with Gasteiger partial charge < -0.3 is 5.32 Å². The molecule has 1 heterocycles. The molecule has 0 saturated heterocycles. The number of benzene rings is 1. The molecule has 0 saturated carbocycles. The van der Waals surface area contributed by atoms with Gasteiger partial charge in [0.15, 0.2) is 0 Å². The Labute approximate surface area is 127 Å². The van der Waals surface area contributed by atoms with Crippen molar-refractivity contribution in [3.05, 3.63) is 51.8 Å². The number of amides is 1. The number of carbonyl (C=O) groups excluding carboxylic acids is 1. The van der Waals surface area contributed by atoms with Crippen LogP contribution in [0.5, 0.6) is 0 Å².